The summed E-state index contributed by atoms with van der Waals surface area (Å²) >= 11 is 1.32. The lowest BCUT2D eigenvalue weighted by molar-refractivity contribution is -0.122. The van der Waals surface area contributed by atoms with E-state index in [2.05, 4.69) is 37.3 Å². The predicted octanol–water partition coefficient (Wildman–Crippen LogP) is 6.01. The molecule has 2 aromatic carbocycles. The van der Waals surface area contributed by atoms with Crippen molar-refractivity contribution in [3.05, 3.63) is 65.1 Å². The van der Waals surface area contributed by atoms with Crippen LogP contribution in [0.4, 0.5) is 14.5 Å². The quantitative estimate of drug-likeness (QED) is 0.419. The Balaban J connectivity index is 1.85. The van der Waals surface area contributed by atoms with E-state index >= 15 is 0 Å². The van der Waals surface area contributed by atoms with E-state index in [9.17, 15) is 13.6 Å². The molecule has 176 valence electrons. The number of alkyl halides is 2. The number of carbonyl (C=O) groups excluding carboxylic acids is 1. The molecule has 5 nitrogen and oxygen atoms in total. The van der Waals surface area contributed by atoms with Crippen LogP contribution in [-0.2, 0) is 4.79 Å². The number of amides is 1. The first kappa shape index (κ1) is 24.9. The molecule has 1 aliphatic heterocycles. The number of amidine groups is 1. The lowest BCUT2D eigenvalue weighted by atomic mass is 10.2. The van der Waals surface area contributed by atoms with Gasteiger partial charge >= 0.3 is 6.61 Å². The Morgan fingerprint density at radius 1 is 1.03 bits per heavy atom. The first-order valence-electron chi connectivity index (χ1n) is 10.9. The Bertz CT molecular complexity index is 984. The molecule has 0 aliphatic carbocycles. The minimum absolute atomic E-state index is 0.0768. The maximum atomic E-state index is 13.3. The molecule has 0 aromatic heterocycles. The molecule has 1 heterocycles. The lowest BCUT2D eigenvalue weighted by Gasteiger charge is -2.31. The molecular weight excluding hydrogens is 444 g/mol. The largest absolute Gasteiger partial charge is 0.435 e. The van der Waals surface area contributed by atoms with Crippen molar-refractivity contribution in [2.45, 2.75) is 46.4 Å². The number of ether oxygens (including phenoxy) is 1. The van der Waals surface area contributed by atoms with E-state index in [1.165, 1.54) is 23.9 Å². The second-order valence-corrected chi connectivity index (χ2v) is 9.18. The Hall–Kier alpha value is -2.71. The maximum absolute atomic E-state index is 13.3. The number of para-hydroxylation sites is 1. The first-order chi connectivity index (χ1) is 15.7. The summed E-state index contributed by atoms with van der Waals surface area (Å²) in [6, 6.07) is 16.5. The van der Waals surface area contributed by atoms with Crippen molar-refractivity contribution in [2.75, 3.05) is 13.1 Å². The van der Waals surface area contributed by atoms with Crippen molar-refractivity contribution >= 4 is 34.6 Å². The van der Waals surface area contributed by atoms with Crippen LogP contribution in [0.15, 0.2) is 64.5 Å². The highest BCUT2D eigenvalue weighted by Gasteiger charge is 2.34. The Kier molecular flexibility index (Phi) is 8.63. The monoisotopic (exact) mass is 473 g/mol. The normalized spacial score (nSPS) is 16.9. The molecule has 8 heteroatoms. The van der Waals surface area contributed by atoms with Crippen LogP contribution in [-0.4, -0.2) is 52.7 Å². The average molecular weight is 474 g/mol. The highest BCUT2D eigenvalue weighted by Crippen LogP contribution is 2.34. The van der Waals surface area contributed by atoms with E-state index in [1.807, 2.05) is 30.3 Å². The number of hydrogen-bond donors (Lipinski definition) is 0. The van der Waals surface area contributed by atoms with Gasteiger partial charge in [0, 0.05) is 25.2 Å². The summed E-state index contributed by atoms with van der Waals surface area (Å²) in [5.74, 6) is -0.0389. The van der Waals surface area contributed by atoms with E-state index in [-0.39, 0.29) is 11.7 Å². The summed E-state index contributed by atoms with van der Waals surface area (Å²) in [7, 11) is 0. The highest BCUT2D eigenvalue weighted by molar-refractivity contribution is 8.18. The van der Waals surface area contributed by atoms with Gasteiger partial charge in [-0.05, 0) is 75.4 Å². The fraction of sp³-hybridized carbons (Fsp3) is 0.360. The van der Waals surface area contributed by atoms with Gasteiger partial charge in [-0.2, -0.15) is 8.78 Å². The molecule has 0 saturated carbocycles. The molecule has 0 radical (unpaired) electrons. The third-order valence-electron chi connectivity index (χ3n) is 5.18. The molecule has 0 bridgehead atoms. The number of halogens is 2. The van der Waals surface area contributed by atoms with E-state index < -0.39 is 6.61 Å². The van der Waals surface area contributed by atoms with E-state index in [0.29, 0.717) is 28.7 Å². The SMILES string of the molecule is CC(C)N(CCN1C(=O)C(=Cc2ccc(OC(F)F)cc2)SC1=Nc1ccccc1)C(C)C. The zero-order valence-electron chi connectivity index (χ0n) is 19.2. The molecule has 0 atom stereocenters. The van der Waals surface area contributed by atoms with Crippen LogP contribution in [0.3, 0.4) is 0 Å². The van der Waals surface area contributed by atoms with E-state index in [4.69, 9.17) is 4.99 Å². The summed E-state index contributed by atoms with van der Waals surface area (Å²) in [5.41, 5.74) is 1.50. The third kappa shape index (κ3) is 6.88. The topological polar surface area (TPSA) is 45.1 Å². The molecule has 33 heavy (non-hydrogen) atoms. The van der Waals surface area contributed by atoms with E-state index in [1.54, 1.807) is 23.1 Å². The molecule has 1 aliphatic rings. The van der Waals surface area contributed by atoms with Crippen molar-refractivity contribution in [1.29, 1.82) is 0 Å². The second kappa shape index (κ2) is 11.4. The van der Waals surface area contributed by atoms with Crippen molar-refractivity contribution in [2.24, 2.45) is 4.99 Å². The number of thioether (sulfide) groups is 1. The molecular formula is C25H29F2N3O2S. The van der Waals surface area contributed by atoms with E-state index in [0.717, 1.165) is 17.8 Å². The van der Waals surface area contributed by atoms with Gasteiger partial charge in [0.15, 0.2) is 5.17 Å². The zero-order chi connectivity index (χ0) is 24.0. The summed E-state index contributed by atoms with van der Waals surface area (Å²) < 4.78 is 29.2. The fourth-order valence-corrected chi connectivity index (χ4v) is 4.65. The van der Waals surface area contributed by atoms with Crippen molar-refractivity contribution in [1.82, 2.24) is 9.80 Å². The minimum Gasteiger partial charge on any atom is -0.435 e. The maximum Gasteiger partial charge on any atom is 0.387 e. The Morgan fingerprint density at radius 2 is 1.67 bits per heavy atom. The lowest BCUT2D eigenvalue weighted by Crippen LogP contribution is -2.43. The fourth-order valence-electron chi connectivity index (χ4n) is 3.63. The number of nitrogens with zero attached hydrogens (tertiary/aromatic N) is 3. The van der Waals surface area contributed by atoms with Gasteiger partial charge in [-0.3, -0.25) is 14.6 Å². The highest BCUT2D eigenvalue weighted by atomic mass is 32.2. The van der Waals surface area contributed by atoms with Crippen LogP contribution in [0, 0.1) is 0 Å². The van der Waals surface area contributed by atoms with Crippen LogP contribution in [0.2, 0.25) is 0 Å². The van der Waals surface area contributed by atoms with Gasteiger partial charge in [-0.1, -0.05) is 30.3 Å². The summed E-state index contributed by atoms with van der Waals surface area (Å²) in [4.78, 5) is 22.6. The van der Waals surface area contributed by atoms with Crippen molar-refractivity contribution < 1.29 is 18.3 Å². The van der Waals surface area contributed by atoms with Crippen LogP contribution in [0.1, 0.15) is 33.3 Å². The average Bonchev–Trinajstić information content (AvgIpc) is 3.04. The molecule has 1 amide bonds. The molecule has 0 unspecified atom stereocenters. The second-order valence-electron chi connectivity index (χ2n) is 8.17. The summed E-state index contributed by atoms with van der Waals surface area (Å²) in [5, 5.41) is 0.627. The van der Waals surface area contributed by atoms with Gasteiger partial charge in [-0.15, -0.1) is 0 Å². The number of hydrogen-bond acceptors (Lipinski definition) is 5. The van der Waals surface area contributed by atoms with Crippen LogP contribution < -0.4 is 4.74 Å². The van der Waals surface area contributed by atoms with Crippen molar-refractivity contribution in [3.8, 4) is 5.75 Å². The van der Waals surface area contributed by atoms with Gasteiger partial charge in [-0.25, -0.2) is 4.99 Å². The first-order valence-corrected chi connectivity index (χ1v) is 11.7. The predicted molar refractivity (Wildman–Crippen MR) is 131 cm³/mol. The smallest absolute Gasteiger partial charge is 0.387 e. The molecule has 0 N–H and O–H groups in total. The number of aliphatic imine (C=N–C) groups is 1. The Labute approximate surface area is 198 Å². The number of benzene rings is 2. The van der Waals surface area contributed by atoms with Crippen molar-refractivity contribution in [3.63, 3.8) is 0 Å². The molecule has 3 rings (SSSR count). The third-order valence-corrected chi connectivity index (χ3v) is 6.19. The molecule has 0 spiro atoms. The van der Waals surface area contributed by atoms with Crippen LogP contribution >= 0.6 is 11.8 Å². The molecule has 2 aromatic rings. The summed E-state index contributed by atoms with van der Waals surface area (Å²) in [6.07, 6.45) is 1.75. The van der Waals surface area contributed by atoms with Gasteiger partial charge in [0.05, 0.1) is 10.6 Å². The van der Waals surface area contributed by atoms with Gasteiger partial charge in [0.2, 0.25) is 0 Å². The van der Waals surface area contributed by atoms with Gasteiger partial charge in [0.25, 0.3) is 5.91 Å². The van der Waals surface area contributed by atoms with Gasteiger partial charge < -0.3 is 4.74 Å². The van der Waals surface area contributed by atoms with Gasteiger partial charge in [0.1, 0.15) is 5.75 Å². The Morgan fingerprint density at radius 3 is 2.24 bits per heavy atom. The number of rotatable bonds is 9. The summed E-state index contributed by atoms with van der Waals surface area (Å²) in [6.45, 7) is 6.95. The zero-order valence-corrected chi connectivity index (χ0v) is 20.1. The molecule has 1 fully saturated rings. The van der Waals surface area contributed by atoms with Crippen LogP contribution in [0.25, 0.3) is 6.08 Å². The molecule has 1 saturated heterocycles. The standard InChI is InChI=1S/C25H29F2N3O2S/c1-17(2)29(18(3)4)14-15-30-23(31)22(33-25(30)28-20-8-6-5-7-9-20)16-19-10-12-21(13-11-19)32-24(26)27/h5-13,16-18,24H,14-15H2,1-4H3. The minimum atomic E-state index is -2.87. The van der Waals surface area contributed by atoms with Crippen LogP contribution in [0.5, 0.6) is 5.75 Å². The number of carbonyl (C=O) groups is 1.